The molecule has 0 atom stereocenters. The monoisotopic (exact) mass is 459 g/mol. The highest BCUT2D eigenvalue weighted by Gasteiger charge is 2.37. The van der Waals surface area contributed by atoms with E-state index in [1.54, 1.807) is 0 Å². The van der Waals surface area contributed by atoms with Gasteiger partial charge in [-0.25, -0.2) is 4.39 Å². The molecule has 0 fully saturated rings. The molecule has 21 heavy (non-hydrogen) atoms. The zero-order valence-corrected chi connectivity index (χ0v) is 14.3. The van der Waals surface area contributed by atoms with Gasteiger partial charge in [0, 0.05) is 8.04 Å². The molecule has 1 heterocycles. The molecule has 0 saturated carbocycles. The first-order valence-electron chi connectivity index (χ1n) is 6.07. The topological polar surface area (TPSA) is 37.4 Å². The maximum absolute atomic E-state index is 13.4. The van der Waals surface area contributed by atoms with Crippen molar-refractivity contribution in [2.45, 2.75) is 6.54 Å². The van der Waals surface area contributed by atoms with Gasteiger partial charge < -0.3 is 0 Å². The molecule has 2 aromatic rings. The summed E-state index contributed by atoms with van der Waals surface area (Å²) >= 11 is 5.42. The second-order valence-electron chi connectivity index (χ2n) is 4.63. The first kappa shape index (κ1) is 14.6. The molecule has 6 heteroatoms. The van der Waals surface area contributed by atoms with Crippen LogP contribution in [0.4, 0.5) is 10.1 Å². The summed E-state index contributed by atoms with van der Waals surface area (Å²) in [5.74, 6) is -1.84. The molecule has 0 spiro atoms. The van der Waals surface area contributed by atoms with E-state index in [9.17, 15) is 14.0 Å². The average molecular weight is 460 g/mol. The van der Waals surface area contributed by atoms with Crippen LogP contribution in [0.25, 0.3) is 0 Å². The molecule has 0 radical (unpaired) electrons. The minimum atomic E-state index is -0.671. The van der Waals surface area contributed by atoms with Crippen molar-refractivity contribution < 1.29 is 14.0 Å². The lowest BCUT2D eigenvalue weighted by Gasteiger charge is -2.18. The van der Waals surface area contributed by atoms with Crippen LogP contribution in [0.5, 0.6) is 0 Å². The number of hydrogen-bond donors (Lipinski definition) is 0. The number of anilines is 1. The standard InChI is InChI=1S/C15H8BrFINO2/c16-12-6-9(17)5-11-13(12)19(15(21)14(11)20)7-8-1-3-10(18)4-2-8/h1-6H,7H2. The van der Waals surface area contributed by atoms with Crippen molar-refractivity contribution >= 4 is 55.9 Å². The SMILES string of the molecule is O=C1C(=O)N(Cc2ccc(I)cc2)c2c(Br)cc(F)cc21. The number of rotatable bonds is 2. The second-order valence-corrected chi connectivity index (χ2v) is 6.73. The van der Waals surface area contributed by atoms with Crippen LogP contribution in [0.3, 0.4) is 0 Å². The predicted octanol–water partition coefficient (Wildman–Crippen LogP) is 3.92. The maximum atomic E-state index is 13.4. The van der Waals surface area contributed by atoms with E-state index in [1.807, 2.05) is 24.3 Å². The molecule has 106 valence electrons. The minimum Gasteiger partial charge on any atom is -0.299 e. The molecule has 0 aromatic heterocycles. The molecule has 1 aliphatic rings. The third-order valence-electron chi connectivity index (χ3n) is 3.24. The minimum absolute atomic E-state index is 0.109. The number of halogens is 3. The summed E-state index contributed by atoms with van der Waals surface area (Å²) in [5, 5.41) is 0. The number of hydrogen-bond acceptors (Lipinski definition) is 2. The maximum Gasteiger partial charge on any atom is 0.299 e. The lowest BCUT2D eigenvalue weighted by atomic mass is 10.1. The number of fused-ring (bicyclic) bond motifs is 1. The van der Waals surface area contributed by atoms with Gasteiger partial charge in [-0.2, -0.15) is 0 Å². The zero-order chi connectivity index (χ0) is 15.1. The van der Waals surface area contributed by atoms with Crippen LogP contribution in [-0.2, 0) is 11.3 Å². The quantitative estimate of drug-likeness (QED) is 0.504. The van der Waals surface area contributed by atoms with Gasteiger partial charge in [0.05, 0.1) is 17.8 Å². The van der Waals surface area contributed by atoms with Crippen LogP contribution < -0.4 is 4.90 Å². The summed E-state index contributed by atoms with van der Waals surface area (Å²) < 4.78 is 14.9. The Hall–Kier alpha value is -1.28. The van der Waals surface area contributed by atoms with Crippen molar-refractivity contribution in [2.24, 2.45) is 0 Å². The molecular weight excluding hydrogens is 452 g/mol. The third-order valence-corrected chi connectivity index (χ3v) is 4.56. The van der Waals surface area contributed by atoms with E-state index in [-0.39, 0.29) is 12.1 Å². The third kappa shape index (κ3) is 2.62. The van der Waals surface area contributed by atoms with E-state index >= 15 is 0 Å². The Balaban J connectivity index is 2.03. The number of amides is 1. The zero-order valence-electron chi connectivity index (χ0n) is 10.6. The number of carbonyl (C=O) groups excluding carboxylic acids is 2. The average Bonchev–Trinajstić information content (AvgIpc) is 2.67. The number of Topliss-reactive ketones (excluding diaryl/α,β-unsaturated/α-hetero) is 1. The Bertz CT molecular complexity index is 761. The van der Waals surface area contributed by atoms with Crippen LogP contribution in [-0.4, -0.2) is 11.7 Å². The molecule has 0 unspecified atom stereocenters. The van der Waals surface area contributed by atoms with E-state index in [1.165, 1.54) is 11.0 Å². The normalized spacial score (nSPS) is 13.8. The number of benzene rings is 2. The second kappa shape index (κ2) is 5.49. The van der Waals surface area contributed by atoms with Crippen LogP contribution in [0.1, 0.15) is 15.9 Å². The van der Waals surface area contributed by atoms with Gasteiger partial charge in [0.15, 0.2) is 0 Å². The molecular formula is C15H8BrFINO2. The van der Waals surface area contributed by atoms with Gasteiger partial charge in [-0.05, 0) is 68.3 Å². The molecule has 0 saturated heterocycles. The van der Waals surface area contributed by atoms with Crippen LogP contribution in [0, 0.1) is 9.39 Å². The van der Waals surface area contributed by atoms with E-state index in [2.05, 4.69) is 38.5 Å². The van der Waals surface area contributed by atoms with Gasteiger partial charge in [0.2, 0.25) is 0 Å². The van der Waals surface area contributed by atoms with Crippen molar-refractivity contribution in [1.82, 2.24) is 0 Å². The molecule has 0 N–H and O–H groups in total. The number of nitrogens with zero attached hydrogens (tertiary/aromatic N) is 1. The lowest BCUT2D eigenvalue weighted by Crippen LogP contribution is -2.29. The summed E-state index contributed by atoms with van der Waals surface area (Å²) in [6.07, 6.45) is 0. The molecule has 0 bridgehead atoms. The first-order valence-corrected chi connectivity index (χ1v) is 7.94. The van der Waals surface area contributed by atoms with E-state index in [4.69, 9.17) is 0 Å². The summed E-state index contributed by atoms with van der Waals surface area (Å²) in [6.45, 7) is 0.277. The number of ketones is 1. The van der Waals surface area contributed by atoms with Crippen LogP contribution in [0.15, 0.2) is 40.9 Å². The highest BCUT2D eigenvalue weighted by Crippen LogP contribution is 2.37. The van der Waals surface area contributed by atoms with Gasteiger partial charge in [-0.15, -0.1) is 0 Å². The molecule has 3 nitrogen and oxygen atoms in total. The van der Waals surface area contributed by atoms with Crippen molar-refractivity contribution in [3.8, 4) is 0 Å². The summed E-state index contributed by atoms with van der Waals surface area (Å²) in [5.41, 5.74) is 1.45. The summed E-state index contributed by atoms with van der Waals surface area (Å²) in [7, 11) is 0. The molecule has 2 aromatic carbocycles. The highest BCUT2D eigenvalue weighted by molar-refractivity contribution is 14.1. The van der Waals surface area contributed by atoms with Crippen molar-refractivity contribution in [3.63, 3.8) is 0 Å². The Kier molecular flexibility index (Phi) is 3.83. The predicted molar refractivity (Wildman–Crippen MR) is 88.8 cm³/mol. The molecule has 1 aliphatic heterocycles. The largest absolute Gasteiger partial charge is 0.299 e. The van der Waals surface area contributed by atoms with Gasteiger partial charge in [-0.1, -0.05) is 12.1 Å². The molecule has 0 aliphatic carbocycles. The van der Waals surface area contributed by atoms with Crippen molar-refractivity contribution in [2.75, 3.05) is 4.90 Å². The van der Waals surface area contributed by atoms with Gasteiger partial charge in [0.25, 0.3) is 11.7 Å². The van der Waals surface area contributed by atoms with E-state index in [0.717, 1.165) is 15.2 Å². The Labute approximate surface area is 142 Å². The summed E-state index contributed by atoms with van der Waals surface area (Å²) in [4.78, 5) is 25.5. The Morgan fingerprint density at radius 2 is 1.81 bits per heavy atom. The summed E-state index contributed by atoms with van der Waals surface area (Å²) in [6, 6.07) is 10.0. The first-order chi connectivity index (χ1) is 9.97. The smallest absolute Gasteiger partial charge is 0.299 e. The van der Waals surface area contributed by atoms with E-state index in [0.29, 0.717) is 10.2 Å². The lowest BCUT2D eigenvalue weighted by molar-refractivity contribution is -0.114. The Morgan fingerprint density at radius 1 is 1.14 bits per heavy atom. The fourth-order valence-electron chi connectivity index (χ4n) is 2.28. The fourth-order valence-corrected chi connectivity index (χ4v) is 3.28. The van der Waals surface area contributed by atoms with Crippen molar-refractivity contribution in [1.29, 1.82) is 0 Å². The highest BCUT2D eigenvalue weighted by atomic mass is 127. The van der Waals surface area contributed by atoms with Gasteiger partial charge >= 0.3 is 0 Å². The molecule has 1 amide bonds. The van der Waals surface area contributed by atoms with Gasteiger partial charge in [-0.3, -0.25) is 14.5 Å². The number of carbonyl (C=O) groups is 2. The van der Waals surface area contributed by atoms with Crippen molar-refractivity contribution in [3.05, 3.63) is 61.4 Å². The van der Waals surface area contributed by atoms with Crippen LogP contribution in [0.2, 0.25) is 0 Å². The van der Waals surface area contributed by atoms with Crippen LogP contribution >= 0.6 is 38.5 Å². The fraction of sp³-hybridized carbons (Fsp3) is 0.0667. The van der Waals surface area contributed by atoms with E-state index < -0.39 is 17.5 Å². The van der Waals surface area contributed by atoms with Gasteiger partial charge in [0.1, 0.15) is 5.82 Å². The Morgan fingerprint density at radius 3 is 2.48 bits per heavy atom. The molecule has 3 rings (SSSR count).